The van der Waals surface area contributed by atoms with E-state index < -0.39 is 0 Å². The molecule has 1 heterocycles. The Morgan fingerprint density at radius 1 is 1.54 bits per heavy atom. The molecule has 0 amide bonds. The maximum Gasteiger partial charge on any atom is 0.125 e. The van der Waals surface area contributed by atoms with Crippen molar-refractivity contribution in [2.24, 2.45) is 10.1 Å². The second-order valence-corrected chi connectivity index (χ2v) is 6.28. The molecule has 3 nitrogen and oxygen atoms in total. The van der Waals surface area contributed by atoms with E-state index in [1.165, 1.54) is 0 Å². The number of hydrogen-bond acceptors (Lipinski definition) is 5. The van der Waals surface area contributed by atoms with Gasteiger partial charge in [0, 0.05) is 5.75 Å². The van der Waals surface area contributed by atoms with E-state index in [0.717, 1.165) is 10.1 Å². The van der Waals surface area contributed by atoms with Crippen LogP contribution >= 0.6 is 23.5 Å². The highest BCUT2D eigenvalue weighted by Crippen LogP contribution is 2.33. The average Bonchev–Trinajstić information content (AvgIpc) is 2.33. The van der Waals surface area contributed by atoms with Crippen LogP contribution < -0.4 is 0 Å². The monoisotopic (exact) mass is 218 g/mol. The molecule has 74 valence electrons. The van der Waals surface area contributed by atoms with Gasteiger partial charge in [0.1, 0.15) is 4.38 Å². The first-order chi connectivity index (χ1) is 6.01. The lowest BCUT2D eigenvalue weighted by Gasteiger charge is -2.12. The van der Waals surface area contributed by atoms with E-state index in [-0.39, 0.29) is 10.8 Å². The topological polar surface area (TPSA) is 45.0 Å². The van der Waals surface area contributed by atoms with E-state index in [1.807, 2.05) is 0 Å². The first-order valence-corrected chi connectivity index (χ1v) is 5.94. The molecule has 1 atom stereocenters. The van der Waals surface area contributed by atoms with Gasteiger partial charge in [-0.1, -0.05) is 23.5 Å². The van der Waals surface area contributed by atoms with Crippen LogP contribution in [0.2, 0.25) is 0 Å². The van der Waals surface area contributed by atoms with Gasteiger partial charge in [0.05, 0.1) is 17.0 Å². The highest BCUT2D eigenvalue weighted by Gasteiger charge is 2.22. The van der Waals surface area contributed by atoms with Crippen LogP contribution in [0.1, 0.15) is 20.8 Å². The molecule has 1 fully saturated rings. The van der Waals surface area contributed by atoms with E-state index in [1.54, 1.807) is 29.7 Å². The van der Waals surface area contributed by atoms with Crippen LogP contribution in [0.4, 0.5) is 0 Å². The minimum absolute atomic E-state index is 0.0133. The van der Waals surface area contributed by atoms with Gasteiger partial charge < -0.3 is 5.21 Å². The molecule has 0 aromatic heterocycles. The number of rotatable bonds is 1. The molecule has 0 radical (unpaired) electrons. The van der Waals surface area contributed by atoms with Crippen molar-refractivity contribution in [2.75, 3.05) is 5.75 Å². The van der Waals surface area contributed by atoms with Gasteiger partial charge in [-0.2, -0.15) is 0 Å². The van der Waals surface area contributed by atoms with E-state index >= 15 is 0 Å². The zero-order valence-corrected chi connectivity index (χ0v) is 9.65. The predicted molar refractivity (Wildman–Crippen MR) is 61.3 cm³/mol. The molecular formula is C8H14N2OS2. The smallest absolute Gasteiger partial charge is 0.125 e. The summed E-state index contributed by atoms with van der Waals surface area (Å²) in [4.78, 5) is 4.54. The number of nitrogens with zero attached hydrogens (tertiary/aromatic N) is 2. The molecule has 0 bridgehead atoms. The van der Waals surface area contributed by atoms with Gasteiger partial charge >= 0.3 is 0 Å². The molecule has 1 rings (SSSR count). The standard InChI is InChI=1S/C8H14N2OS2/c1-8(2,3)10-7-12-5-6(13-7)4-9-11/h4,6,11H,5H2,1-3H3/b9-4-,10-7?/t6-/m0/s1. The van der Waals surface area contributed by atoms with Gasteiger partial charge in [-0.05, 0) is 20.8 Å². The van der Waals surface area contributed by atoms with Crippen molar-refractivity contribution >= 4 is 34.1 Å². The van der Waals surface area contributed by atoms with Crippen molar-refractivity contribution in [2.45, 2.75) is 31.6 Å². The minimum atomic E-state index is -0.0133. The van der Waals surface area contributed by atoms with Gasteiger partial charge in [0.2, 0.25) is 0 Å². The van der Waals surface area contributed by atoms with E-state index in [4.69, 9.17) is 5.21 Å². The van der Waals surface area contributed by atoms with Gasteiger partial charge in [-0.15, -0.1) is 5.16 Å². The predicted octanol–water partition coefficient (Wildman–Crippen LogP) is 2.45. The van der Waals surface area contributed by atoms with Crippen LogP contribution in [-0.4, -0.2) is 32.3 Å². The fourth-order valence-corrected chi connectivity index (χ4v) is 3.59. The van der Waals surface area contributed by atoms with Crippen LogP contribution in [0.5, 0.6) is 0 Å². The Kier molecular flexibility index (Phi) is 3.67. The highest BCUT2D eigenvalue weighted by molar-refractivity contribution is 8.42. The molecule has 5 heteroatoms. The van der Waals surface area contributed by atoms with E-state index in [2.05, 4.69) is 30.9 Å². The zero-order chi connectivity index (χ0) is 9.90. The third kappa shape index (κ3) is 4.04. The highest BCUT2D eigenvalue weighted by atomic mass is 32.2. The molecule has 0 aliphatic carbocycles. The summed E-state index contributed by atoms with van der Waals surface area (Å²) in [5, 5.41) is 11.7. The second-order valence-electron chi connectivity index (χ2n) is 3.78. The lowest BCUT2D eigenvalue weighted by molar-refractivity contribution is 0.321. The minimum Gasteiger partial charge on any atom is -0.411 e. The summed E-state index contributed by atoms with van der Waals surface area (Å²) < 4.78 is 1.09. The number of oxime groups is 1. The molecule has 13 heavy (non-hydrogen) atoms. The largest absolute Gasteiger partial charge is 0.411 e. The Morgan fingerprint density at radius 2 is 2.23 bits per heavy atom. The molecule has 0 unspecified atom stereocenters. The Hall–Kier alpha value is -0.160. The lowest BCUT2D eigenvalue weighted by Crippen LogP contribution is -2.10. The van der Waals surface area contributed by atoms with Crippen LogP contribution in [0.3, 0.4) is 0 Å². The molecule has 1 aliphatic heterocycles. The number of hydrogen-bond donors (Lipinski definition) is 1. The van der Waals surface area contributed by atoms with Crippen molar-refractivity contribution in [1.82, 2.24) is 0 Å². The van der Waals surface area contributed by atoms with Crippen molar-refractivity contribution < 1.29 is 5.21 Å². The molecule has 1 aliphatic rings. The van der Waals surface area contributed by atoms with Crippen molar-refractivity contribution in [3.63, 3.8) is 0 Å². The maximum absolute atomic E-state index is 8.35. The van der Waals surface area contributed by atoms with Crippen LogP contribution in [0, 0.1) is 0 Å². The van der Waals surface area contributed by atoms with Crippen LogP contribution in [0.15, 0.2) is 10.1 Å². The third-order valence-electron chi connectivity index (χ3n) is 1.28. The number of aliphatic imine (C=N–C) groups is 1. The van der Waals surface area contributed by atoms with Crippen LogP contribution in [-0.2, 0) is 0 Å². The van der Waals surface area contributed by atoms with Crippen molar-refractivity contribution in [1.29, 1.82) is 0 Å². The van der Waals surface area contributed by atoms with E-state index in [0.29, 0.717) is 0 Å². The molecular weight excluding hydrogens is 204 g/mol. The average molecular weight is 218 g/mol. The normalized spacial score (nSPS) is 27.6. The summed E-state index contributed by atoms with van der Waals surface area (Å²) in [5.74, 6) is 0.948. The maximum atomic E-state index is 8.35. The van der Waals surface area contributed by atoms with Crippen LogP contribution in [0.25, 0.3) is 0 Å². The quantitative estimate of drug-likeness (QED) is 0.418. The molecule has 0 saturated carbocycles. The van der Waals surface area contributed by atoms with Gasteiger partial charge in [-0.3, -0.25) is 4.99 Å². The fourth-order valence-electron chi connectivity index (χ4n) is 0.831. The van der Waals surface area contributed by atoms with E-state index in [9.17, 15) is 0 Å². The van der Waals surface area contributed by atoms with Crippen molar-refractivity contribution in [3.8, 4) is 0 Å². The Balaban J connectivity index is 2.54. The first-order valence-electron chi connectivity index (χ1n) is 4.08. The summed E-state index contributed by atoms with van der Waals surface area (Å²) in [6, 6.07) is 0. The molecule has 0 aromatic carbocycles. The molecule has 1 N–H and O–H groups in total. The van der Waals surface area contributed by atoms with Gasteiger partial charge in [-0.25, -0.2) is 0 Å². The Labute approximate surface area is 87.1 Å². The summed E-state index contributed by atoms with van der Waals surface area (Å²) in [5.41, 5.74) is -0.0133. The lowest BCUT2D eigenvalue weighted by atomic mass is 10.1. The first kappa shape index (κ1) is 10.9. The summed E-state index contributed by atoms with van der Waals surface area (Å²) in [6.07, 6.45) is 1.56. The summed E-state index contributed by atoms with van der Waals surface area (Å²) in [7, 11) is 0. The SMILES string of the molecule is CC(C)(C)N=C1SC[C@H](/C=N\O)S1. The third-order valence-corrected chi connectivity index (χ3v) is 3.88. The van der Waals surface area contributed by atoms with Gasteiger partial charge in [0.25, 0.3) is 0 Å². The van der Waals surface area contributed by atoms with Crippen molar-refractivity contribution in [3.05, 3.63) is 0 Å². The fraction of sp³-hybridized carbons (Fsp3) is 0.750. The Morgan fingerprint density at radius 3 is 2.77 bits per heavy atom. The molecule has 1 saturated heterocycles. The summed E-state index contributed by atoms with van der Waals surface area (Å²) in [6.45, 7) is 6.23. The van der Waals surface area contributed by atoms with Gasteiger partial charge in [0.15, 0.2) is 0 Å². The molecule has 0 spiro atoms. The molecule has 0 aromatic rings. The Bertz CT molecular complexity index is 233. The second kappa shape index (κ2) is 4.37. The zero-order valence-electron chi connectivity index (χ0n) is 8.02. The summed E-state index contributed by atoms with van der Waals surface area (Å²) >= 11 is 3.39. The number of thioether (sulfide) groups is 2.